The van der Waals surface area contributed by atoms with Crippen molar-refractivity contribution in [3.05, 3.63) is 28.8 Å². The summed E-state index contributed by atoms with van der Waals surface area (Å²) in [6, 6.07) is 5.24. The molecular formula is C12H17ClN2O. The number of carbonyl (C=O) groups is 1. The zero-order chi connectivity index (χ0) is 12.0. The first-order valence-corrected chi connectivity index (χ1v) is 5.82. The largest absolute Gasteiger partial charge is 0.387 e. The molecule has 0 aromatic heterocycles. The summed E-state index contributed by atoms with van der Waals surface area (Å²) in [7, 11) is 1.78. The predicted octanol–water partition coefficient (Wildman–Crippen LogP) is 2.91. The molecule has 0 spiro atoms. The van der Waals surface area contributed by atoms with E-state index in [-0.39, 0.29) is 5.91 Å². The van der Waals surface area contributed by atoms with E-state index >= 15 is 0 Å². The number of hydrogen-bond donors (Lipinski definition) is 2. The first-order chi connectivity index (χ1) is 7.69. The molecule has 4 heteroatoms. The zero-order valence-corrected chi connectivity index (χ0v) is 10.4. The molecule has 0 aliphatic rings. The maximum absolute atomic E-state index is 11.8. The van der Waals surface area contributed by atoms with Crippen LogP contribution in [0.5, 0.6) is 0 Å². The predicted molar refractivity (Wildman–Crippen MR) is 68.2 cm³/mol. The molecule has 88 valence electrons. The molecule has 0 radical (unpaired) electrons. The van der Waals surface area contributed by atoms with Crippen LogP contribution < -0.4 is 10.6 Å². The Bertz CT molecular complexity index is 366. The summed E-state index contributed by atoms with van der Waals surface area (Å²) in [5.74, 6) is -0.0831. The summed E-state index contributed by atoms with van der Waals surface area (Å²) in [6.07, 6.45) is 2.05. The molecule has 3 nitrogen and oxygen atoms in total. The second-order valence-corrected chi connectivity index (χ2v) is 3.99. The van der Waals surface area contributed by atoms with E-state index in [1.807, 2.05) is 0 Å². The summed E-state index contributed by atoms with van der Waals surface area (Å²) in [6.45, 7) is 2.79. The third-order valence-electron chi connectivity index (χ3n) is 2.31. The van der Waals surface area contributed by atoms with Crippen molar-refractivity contribution in [2.45, 2.75) is 19.8 Å². The van der Waals surface area contributed by atoms with Crippen LogP contribution in [0.2, 0.25) is 5.02 Å². The lowest BCUT2D eigenvalue weighted by atomic mass is 10.1. The molecule has 0 saturated heterocycles. The number of nitrogens with one attached hydrogen (secondary N) is 2. The topological polar surface area (TPSA) is 41.1 Å². The van der Waals surface area contributed by atoms with Crippen LogP contribution >= 0.6 is 11.6 Å². The number of rotatable bonds is 5. The molecule has 2 N–H and O–H groups in total. The minimum Gasteiger partial charge on any atom is -0.387 e. The first kappa shape index (κ1) is 12.8. The van der Waals surface area contributed by atoms with Gasteiger partial charge >= 0.3 is 0 Å². The van der Waals surface area contributed by atoms with Gasteiger partial charge in [-0.25, -0.2) is 0 Å². The number of halogens is 1. The van der Waals surface area contributed by atoms with E-state index in [2.05, 4.69) is 17.6 Å². The Hall–Kier alpha value is -1.22. The Labute approximate surface area is 101 Å². The third-order valence-corrected chi connectivity index (χ3v) is 2.55. The van der Waals surface area contributed by atoms with Gasteiger partial charge in [-0.05, 0) is 24.6 Å². The number of benzene rings is 1. The third kappa shape index (κ3) is 3.42. The van der Waals surface area contributed by atoms with E-state index in [0.717, 1.165) is 18.5 Å². The lowest BCUT2D eigenvalue weighted by Crippen LogP contribution is -2.25. The number of amides is 1. The molecule has 0 heterocycles. The minimum absolute atomic E-state index is 0.0831. The van der Waals surface area contributed by atoms with E-state index < -0.39 is 0 Å². The summed E-state index contributed by atoms with van der Waals surface area (Å²) in [5, 5.41) is 6.41. The van der Waals surface area contributed by atoms with Crippen LogP contribution in [0, 0.1) is 0 Å². The fraction of sp³-hybridized carbons (Fsp3) is 0.417. The number of unbranched alkanes of at least 4 members (excludes halogenated alkanes) is 1. The second kappa shape index (κ2) is 6.38. The van der Waals surface area contributed by atoms with E-state index in [4.69, 9.17) is 11.6 Å². The van der Waals surface area contributed by atoms with Crippen molar-refractivity contribution in [3.8, 4) is 0 Å². The molecule has 0 atom stereocenters. The summed E-state index contributed by atoms with van der Waals surface area (Å²) in [4.78, 5) is 11.8. The molecule has 16 heavy (non-hydrogen) atoms. The van der Waals surface area contributed by atoms with E-state index in [0.29, 0.717) is 17.1 Å². The molecule has 1 amide bonds. The minimum atomic E-state index is -0.0831. The average Bonchev–Trinajstić information content (AvgIpc) is 2.29. The summed E-state index contributed by atoms with van der Waals surface area (Å²) < 4.78 is 0. The lowest BCUT2D eigenvalue weighted by Gasteiger charge is -2.09. The van der Waals surface area contributed by atoms with Gasteiger partial charge < -0.3 is 10.6 Å². The Morgan fingerprint density at radius 1 is 1.44 bits per heavy atom. The Kier molecular flexibility index (Phi) is 5.12. The highest BCUT2D eigenvalue weighted by Gasteiger charge is 2.10. The van der Waals surface area contributed by atoms with E-state index in [1.54, 1.807) is 25.2 Å². The van der Waals surface area contributed by atoms with Crippen molar-refractivity contribution >= 4 is 23.2 Å². The maximum Gasteiger partial charge on any atom is 0.253 e. The lowest BCUT2D eigenvalue weighted by molar-refractivity contribution is 0.0954. The van der Waals surface area contributed by atoms with Gasteiger partial charge in [-0.3, -0.25) is 4.79 Å². The number of anilines is 1. The van der Waals surface area contributed by atoms with Crippen LogP contribution in [-0.2, 0) is 0 Å². The fourth-order valence-corrected chi connectivity index (χ4v) is 1.57. The molecule has 0 fully saturated rings. The smallest absolute Gasteiger partial charge is 0.253 e. The Morgan fingerprint density at radius 3 is 2.81 bits per heavy atom. The van der Waals surface area contributed by atoms with Gasteiger partial charge in [-0.2, -0.15) is 0 Å². The average molecular weight is 241 g/mol. The van der Waals surface area contributed by atoms with Gasteiger partial charge in [-0.1, -0.05) is 24.9 Å². The van der Waals surface area contributed by atoms with Crippen LogP contribution in [-0.4, -0.2) is 19.5 Å². The quantitative estimate of drug-likeness (QED) is 0.777. The van der Waals surface area contributed by atoms with Crippen LogP contribution in [0.15, 0.2) is 18.2 Å². The first-order valence-electron chi connectivity index (χ1n) is 5.44. The van der Waals surface area contributed by atoms with Gasteiger partial charge in [0.05, 0.1) is 5.56 Å². The summed E-state index contributed by atoms with van der Waals surface area (Å²) in [5.41, 5.74) is 1.38. The Morgan fingerprint density at radius 2 is 2.19 bits per heavy atom. The molecule has 0 aliphatic heterocycles. The number of carbonyl (C=O) groups excluding carboxylic acids is 1. The highest BCUT2D eigenvalue weighted by atomic mass is 35.5. The summed E-state index contributed by atoms with van der Waals surface area (Å²) >= 11 is 5.87. The number of hydrogen-bond acceptors (Lipinski definition) is 2. The van der Waals surface area contributed by atoms with E-state index in [9.17, 15) is 4.79 Å². The van der Waals surface area contributed by atoms with Gasteiger partial charge in [0.1, 0.15) is 0 Å². The zero-order valence-electron chi connectivity index (χ0n) is 9.64. The molecule has 0 saturated carbocycles. The molecule has 1 aromatic carbocycles. The Balaban J connectivity index is 2.76. The van der Waals surface area contributed by atoms with Crippen molar-refractivity contribution in [1.29, 1.82) is 0 Å². The fourth-order valence-electron chi connectivity index (χ4n) is 1.40. The molecule has 0 bridgehead atoms. The van der Waals surface area contributed by atoms with Crippen LogP contribution in [0.4, 0.5) is 5.69 Å². The van der Waals surface area contributed by atoms with Crippen molar-refractivity contribution in [2.24, 2.45) is 0 Å². The van der Waals surface area contributed by atoms with Gasteiger partial charge in [0.2, 0.25) is 0 Å². The van der Waals surface area contributed by atoms with Crippen molar-refractivity contribution in [2.75, 3.05) is 18.9 Å². The standard InChI is InChI=1S/C12H17ClN2O/c1-3-4-7-15-12(16)10-8-9(13)5-6-11(10)14-2/h5-6,8,14H,3-4,7H2,1-2H3,(H,15,16). The van der Waals surface area contributed by atoms with Crippen molar-refractivity contribution < 1.29 is 4.79 Å². The highest BCUT2D eigenvalue weighted by molar-refractivity contribution is 6.31. The van der Waals surface area contributed by atoms with Gasteiger partial charge in [0.15, 0.2) is 0 Å². The van der Waals surface area contributed by atoms with Crippen LogP contribution in [0.25, 0.3) is 0 Å². The molecular weight excluding hydrogens is 224 g/mol. The molecule has 0 aliphatic carbocycles. The SMILES string of the molecule is CCCCNC(=O)c1cc(Cl)ccc1NC. The molecule has 0 unspecified atom stereocenters. The van der Waals surface area contributed by atoms with Gasteiger partial charge in [0, 0.05) is 24.3 Å². The second-order valence-electron chi connectivity index (χ2n) is 3.55. The van der Waals surface area contributed by atoms with E-state index in [1.165, 1.54) is 0 Å². The van der Waals surface area contributed by atoms with Crippen molar-refractivity contribution in [1.82, 2.24) is 5.32 Å². The highest BCUT2D eigenvalue weighted by Crippen LogP contribution is 2.20. The normalized spacial score (nSPS) is 9.94. The van der Waals surface area contributed by atoms with Crippen molar-refractivity contribution in [3.63, 3.8) is 0 Å². The van der Waals surface area contributed by atoms with Gasteiger partial charge in [-0.15, -0.1) is 0 Å². The van der Waals surface area contributed by atoms with Crippen LogP contribution in [0.1, 0.15) is 30.1 Å². The monoisotopic (exact) mass is 240 g/mol. The molecule has 1 rings (SSSR count). The van der Waals surface area contributed by atoms with Gasteiger partial charge in [0.25, 0.3) is 5.91 Å². The molecule has 1 aromatic rings. The maximum atomic E-state index is 11.8. The van der Waals surface area contributed by atoms with Crippen LogP contribution in [0.3, 0.4) is 0 Å².